The molecule has 0 atom stereocenters. The van der Waals surface area contributed by atoms with Gasteiger partial charge < -0.3 is 10.0 Å². The van der Waals surface area contributed by atoms with Crippen molar-refractivity contribution in [1.29, 1.82) is 0 Å². The molecule has 0 aliphatic carbocycles. The molecule has 2 N–H and O–H groups in total. The van der Waals surface area contributed by atoms with E-state index in [-0.39, 0.29) is 49.6 Å². The number of amides is 1. The molecule has 1 aliphatic heterocycles. The number of aromatic nitrogens is 1. The molecule has 180 valence electrons. The molecule has 0 unspecified atom stereocenters. The Hall–Kier alpha value is -3.11. The molecule has 1 amide bonds. The second kappa shape index (κ2) is 9.63. The van der Waals surface area contributed by atoms with E-state index < -0.39 is 22.0 Å². The van der Waals surface area contributed by atoms with E-state index in [9.17, 15) is 27.1 Å². The molecule has 1 fully saturated rings. The number of alkyl halides is 2. The molecule has 1 saturated heterocycles. The van der Waals surface area contributed by atoms with Gasteiger partial charge >= 0.3 is 0 Å². The number of rotatable bonds is 7. The molecule has 1 aromatic heterocycles. The number of hydrogen-bond donors (Lipinski definition) is 2. The zero-order valence-corrected chi connectivity index (χ0v) is 19.1. The van der Waals surface area contributed by atoms with E-state index in [0.717, 1.165) is 0 Å². The number of nitrogens with one attached hydrogen (secondary N) is 1. The fraction of sp³-hybridized carbons (Fsp3) is 0.333. The van der Waals surface area contributed by atoms with Crippen LogP contribution in [0, 0.1) is 0 Å². The number of hydrogen-bond acceptors (Lipinski definition) is 5. The van der Waals surface area contributed by atoms with Gasteiger partial charge in [0.2, 0.25) is 6.43 Å². The van der Waals surface area contributed by atoms with Crippen molar-refractivity contribution < 1.29 is 27.1 Å². The minimum Gasteiger partial charge on any atom is -0.390 e. The van der Waals surface area contributed by atoms with Crippen LogP contribution >= 0.6 is 0 Å². The van der Waals surface area contributed by atoms with E-state index in [1.807, 2.05) is 0 Å². The molecular formula is C24H25F2N3O4S. The first-order valence-electron chi connectivity index (χ1n) is 10.9. The maximum absolute atomic E-state index is 12.9. The highest BCUT2D eigenvalue weighted by molar-refractivity contribution is 7.93. The number of piperidine rings is 1. The third kappa shape index (κ3) is 5.34. The second-order valence-electron chi connectivity index (χ2n) is 8.46. The number of likely N-dealkylation sites (tertiary alicyclic amines) is 1. The number of pyridine rings is 1. The summed E-state index contributed by atoms with van der Waals surface area (Å²) in [6, 6.07) is 14.5. The number of fused-ring (bicyclic) bond motifs is 1. The summed E-state index contributed by atoms with van der Waals surface area (Å²) >= 11 is 0. The molecule has 0 saturated carbocycles. The van der Waals surface area contributed by atoms with Crippen molar-refractivity contribution in [3.8, 4) is 0 Å². The lowest BCUT2D eigenvalue weighted by molar-refractivity contribution is -0.0346. The van der Waals surface area contributed by atoms with Crippen molar-refractivity contribution in [2.24, 2.45) is 0 Å². The number of aliphatic hydroxyl groups is 1. The maximum Gasteiger partial charge on any atom is 0.264 e. The molecule has 1 aliphatic rings. The van der Waals surface area contributed by atoms with E-state index in [4.69, 9.17) is 0 Å². The lowest BCUT2D eigenvalue weighted by Crippen LogP contribution is -2.46. The summed E-state index contributed by atoms with van der Waals surface area (Å²) < 4.78 is 53.3. The highest BCUT2D eigenvalue weighted by Crippen LogP contribution is 2.29. The Balaban J connectivity index is 1.42. The summed E-state index contributed by atoms with van der Waals surface area (Å²) in [7, 11) is -3.91. The first kappa shape index (κ1) is 24.0. The Morgan fingerprint density at radius 2 is 1.76 bits per heavy atom. The van der Waals surface area contributed by atoms with E-state index in [1.54, 1.807) is 29.2 Å². The van der Waals surface area contributed by atoms with Crippen molar-refractivity contribution in [2.45, 2.75) is 42.6 Å². The van der Waals surface area contributed by atoms with Crippen LogP contribution in [0.25, 0.3) is 10.9 Å². The summed E-state index contributed by atoms with van der Waals surface area (Å²) in [6.07, 6.45) is -0.812. The number of anilines is 1. The predicted molar refractivity (Wildman–Crippen MR) is 124 cm³/mol. The van der Waals surface area contributed by atoms with E-state index in [2.05, 4.69) is 9.71 Å². The third-order valence-corrected chi connectivity index (χ3v) is 7.49. The van der Waals surface area contributed by atoms with Crippen LogP contribution in [0.15, 0.2) is 65.7 Å². The molecule has 2 aromatic carbocycles. The highest BCUT2D eigenvalue weighted by Gasteiger charge is 2.34. The number of carbonyl (C=O) groups is 1. The molecule has 3 aromatic rings. The van der Waals surface area contributed by atoms with Gasteiger partial charge in [0, 0.05) is 42.3 Å². The van der Waals surface area contributed by atoms with Crippen LogP contribution < -0.4 is 4.72 Å². The van der Waals surface area contributed by atoms with Crippen LogP contribution in [-0.2, 0) is 10.0 Å². The molecular weight excluding hydrogens is 464 g/mol. The van der Waals surface area contributed by atoms with Crippen molar-refractivity contribution in [3.05, 3.63) is 66.4 Å². The Morgan fingerprint density at radius 1 is 1.09 bits per heavy atom. The lowest BCUT2D eigenvalue weighted by atomic mass is 9.87. The zero-order chi connectivity index (χ0) is 24.3. The average molecular weight is 490 g/mol. The number of sulfonamides is 1. The molecule has 7 nitrogen and oxygen atoms in total. The van der Waals surface area contributed by atoms with Crippen LogP contribution in [0.3, 0.4) is 0 Å². The molecule has 0 radical (unpaired) electrons. The number of nitrogens with zero attached hydrogens (tertiary/aromatic N) is 2. The number of halogens is 2. The first-order chi connectivity index (χ1) is 16.2. The smallest absolute Gasteiger partial charge is 0.264 e. The molecule has 0 spiro atoms. The van der Waals surface area contributed by atoms with Crippen LogP contribution in [-0.4, -0.2) is 54.4 Å². The van der Waals surface area contributed by atoms with Crippen molar-refractivity contribution in [2.75, 3.05) is 17.8 Å². The Labute approximate surface area is 196 Å². The quantitative estimate of drug-likeness (QED) is 0.522. The van der Waals surface area contributed by atoms with E-state index >= 15 is 0 Å². The molecule has 4 rings (SSSR count). The monoisotopic (exact) mass is 489 g/mol. The third-order valence-electron chi connectivity index (χ3n) is 6.08. The summed E-state index contributed by atoms with van der Waals surface area (Å²) in [5, 5.41) is 11.2. The van der Waals surface area contributed by atoms with Gasteiger partial charge in [0.05, 0.1) is 11.1 Å². The fourth-order valence-corrected chi connectivity index (χ4v) is 5.36. The standard InChI is InChI=1S/C24H25F2N3O4S/c25-21(26)10-11-24(31)12-15-29(16-13-24)23(30)18-6-8-19(9-7-18)28-34(32,33)20-5-1-3-17-4-2-14-27-22(17)20/h1-9,14,21,28,31H,10-13,15-16H2. The summed E-state index contributed by atoms with van der Waals surface area (Å²) in [4.78, 5) is 18.6. The lowest BCUT2D eigenvalue weighted by Gasteiger charge is -2.38. The van der Waals surface area contributed by atoms with Crippen LogP contribution in [0.2, 0.25) is 0 Å². The number of para-hydroxylation sites is 1. The fourth-order valence-electron chi connectivity index (χ4n) is 4.12. The Kier molecular flexibility index (Phi) is 6.81. The molecule has 34 heavy (non-hydrogen) atoms. The van der Waals surface area contributed by atoms with E-state index in [1.165, 1.54) is 36.5 Å². The van der Waals surface area contributed by atoms with Gasteiger partial charge in [-0.25, -0.2) is 17.2 Å². The highest BCUT2D eigenvalue weighted by atomic mass is 32.2. The van der Waals surface area contributed by atoms with Crippen molar-refractivity contribution in [3.63, 3.8) is 0 Å². The molecule has 10 heteroatoms. The van der Waals surface area contributed by atoms with Gasteiger partial charge in [-0.3, -0.25) is 14.5 Å². The maximum atomic E-state index is 12.9. The first-order valence-corrected chi connectivity index (χ1v) is 12.4. The number of carbonyl (C=O) groups excluding carboxylic acids is 1. The van der Waals surface area contributed by atoms with Gasteiger partial charge in [-0.15, -0.1) is 0 Å². The van der Waals surface area contributed by atoms with Gasteiger partial charge in [-0.2, -0.15) is 0 Å². The summed E-state index contributed by atoms with van der Waals surface area (Å²) in [6.45, 7) is 0.530. The molecule has 2 heterocycles. The second-order valence-corrected chi connectivity index (χ2v) is 10.1. The topological polar surface area (TPSA) is 99.6 Å². The minimum atomic E-state index is -3.91. The van der Waals surface area contributed by atoms with Gasteiger partial charge in [0.25, 0.3) is 15.9 Å². The van der Waals surface area contributed by atoms with Crippen LogP contribution in [0.5, 0.6) is 0 Å². The van der Waals surface area contributed by atoms with Crippen molar-refractivity contribution >= 4 is 32.5 Å². The van der Waals surface area contributed by atoms with Crippen molar-refractivity contribution in [1.82, 2.24) is 9.88 Å². The summed E-state index contributed by atoms with van der Waals surface area (Å²) in [5.41, 5.74) is -0.147. The predicted octanol–water partition coefficient (Wildman–Crippen LogP) is 4.05. The Bertz CT molecular complexity index is 1270. The van der Waals surface area contributed by atoms with Gasteiger partial charge in [0.15, 0.2) is 0 Å². The van der Waals surface area contributed by atoms with Gasteiger partial charge in [-0.05, 0) is 55.7 Å². The normalized spacial score (nSPS) is 16.1. The average Bonchev–Trinajstić information content (AvgIpc) is 2.83. The Morgan fingerprint density at radius 3 is 2.44 bits per heavy atom. The van der Waals surface area contributed by atoms with E-state index in [0.29, 0.717) is 22.2 Å². The summed E-state index contributed by atoms with van der Waals surface area (Å²) in [5.74, 6) is -0.261. The van der Waals surface area contributed by atoms with Crippen LogP contribution in [0.4, 0.5) is 14.5 Å². The minimum absolute atomic E-state index is 0.00770. The van der Waals surface area contributed by atoms with Gasteiger partial charge in [-0.1, -0.05) is 18.2 Å². The SMILES string of the molecule is O=C(c1ccc(NS(=O)(=O)c2cccc3cccnc23)cc1)N1CCC(O)(CCC(F)F)CC1. The largest absolute Gasteiger partial charge is 0.390 e. The number of benzene rings is 2. The van der Waals surface area contributed by atoms with Gasteiger partial charge in [0.1, 0.15) is 4.90 Å². The zero-order valence-electron chi connectivity index (χ0n) is 18.3. The molecule has 0 bridgehead atoms. The van der Waals surface area contributed by atoms with Crippen LogP contribution in [0.1, 0.15) is 36.0 Å².